The standard InChI is InChI=1S/C14H25N3O/c1-6-7-15-8-10(2)14-11(3)16-13(9-18-5)17-12(14)4/h10,15H,6-9H2,1-5H3. The van der Waals surface area contributed by atoms with Gasteiger partial charge in [-0.3, -0.25) is 0 Å². The highest BCUT2D eigenvalue weighted by atomic mass is 16.5. The van der Waals surface area contributed by atoms with Crippen molar-refractivity contribution in [2.24, 2.45) is 0 Å². The average Bonchev–Trinajstić information content (AvgIpc) is 2.28. The van der Waals surface area contributed by atoms with Crippen LogP contribution < -0.4 is 5.32 Å². The molecular weight excluding hydrogens is 226 g/mol. The number of aryl methyl sites for hydroxylation is 2. The van der Waals surface area contributed by atoms with E-state index in [1.165, 1.54) is 5.56 Å². The van der Waals surface area contributed by atoms with E-state index in [1.807, 2.05) is 0 Å². The van der Waals surface area contributed by atoms with E-state index < -0.39 is 0 Å². The predicted octanol–water partition coefficient (Wildman–Crippen LogP) is 2.34. The number of aromatic nitrogens is 2. The minimum absolute atomic E-state index is 0.438. The van der Waals surface area contributed by atoms with Crippen LogP contribution in [0, 0.1) is 13.8 Å². The molecule has 0 aliphatic carbocycles. The van der Waals surface area contributed by atoms with Gasteiger partial charge in [0.1, 0.15) is 6.61 Å². The van der Waals surface area contributed by atoms with Crippen LogP contribution in [0.2, 0.25) is 0 Å². The summed E-state index contributed by atoms with van der Waals surface area (Å²) in [5, 5.41) is 3.45. The second kappa shape index (κ2) is 7.44. The van der Waals surface area contributed by atoms with Gasteiger partial charge < -0.3 is 10.1 Å². The summed E-state index contributed by atoms with van der Waals surface area (Å²) in [4.78, 5) is 9.02. The third-order valence-electron chi connectivity index (χ3n) is 3.02. The normalized spacial score (nSPS) is 12.7. The third-order valence-corrected chi connectivity index (χ3v) is 3.02. The van der Waals surface area contributed by atoms with E-state index in [2.05, 4.69) is 43.0 Å². The fourth-order valence-corrected chi connectivity index (χ4v) is 2.30. The summed E-state index contributed by atoms with van der Waals surface area (Å²) >= 11 is 0. The van der Waals surface area contributed by atoms with Gasteiger partial charge in [0.25, 0.3) is 0 Å². The third kappa shape index (κ3) is 4.03. The molecule has 102 valence electrons. The first-order chi connectivity index (χ1) is 8.60. The van der Waals surface area contributed by atoms with Crippen molar-refractivity contribution in [2.45, 2.75) is 46.6 Å². The SMILES string of the molecule is CCCNCC(C)c1c(C)nc(COC)nc1C. The quantitative estimate of drug-likeness (QED) is 0.756. The van der Waals surface area contributed by atoms with E-state index in [-0.39, 0.29) is 0 Å². The molecule has 0 aliphatic rings. The Labute approximate surface area is 110 Å². The number of nitrogens with one attached hydrogen (secondary N) is 1. The maximum absolute atomic E-state index is 5.08. The van der Waals surface area contributed by atoms with Crippen LogP contribution in [-0.4, -0.2) is 30.2 Å². The first-order valence-electron chi connectivity index (χ1n) is 6.63. The summed E-state index contributed by atoms with van der Waals surface area (Å²) in [6, 6.07) is 0. The number of methoxy groups -OCH3 is 1. The van der Waals surface area contributed by atoms with Gasteiger partial charge in [0, 0.05) is 25.0 Å². The van der Waals surface area contributed by atoms with Crippen LogP contribution in [-0.2, 0) is 11.3 Å². The van der Waals surface area contributed by atoms with Crippen molar-refractivity contribution in [3.05, 3.63) is 22.8 Å². The minimum Gasteiger partial charge on any atom is -0.377 e. The van der Waals surface area contributed by atoms with Gasteiger partial charge in [-0.25, -0.2) is 9.97 Å². The van der Waals surface area contributed by atoms with Crippen LogP contribution in [0.4, 0.5) is 0 Å². The molecule has 0 radical (unpaired) electrons. The minimum atomic E-state index is 0.438. The number of hydrogen-bond donors (Lipinski definition) is 1. The van der Waals surface area contributed by atoms with Crippen LogP contribution in [0.15, 0.2) is 0 Å². The van der Waals surface area contributed by atoms with Gasteiger partial charge >= 0.3 is 0 Å². The maximum atomic E-state index is 5.08. The number of nitrogens with zero attached hydrogens (tertiary/aromatic N) is 2. The van der Waals surface area contributed by atoms with Crippen molar-refractivity contribution >= 4 is 0 Å². The second-order valence-corrected chi connectivity index (χ2v) is 4.76. The Hall–Kier alpha value is -1.00. The van der Waals surface area contributed by atoms with Crippen molar-refractivity contribution < 1.29 is 4.74 Å². The monoisotopic (exact) mass is 251 g/mol. The van der Waals surface area contributed by atoms with Gasteiger partial charge in [0.15, 0.2) is 5.82 Å². The highest BCUT2D eigenvalue weighted by molar-refractivity contribution is 5.28. The van der Waals surface area contributed by atoms with Crippen molar-refractivity contribution in [3.63, 3.8) is 0 Å². The lowest BCUT2D eigenvalue weighted by molar-refractivity contribution is 0.177. The van der Waals surface area contributed by atoms with Crippen LogP contribution in [0.1, 0.15) is 49.0 Å². The zero-order valence-electron chi connectivity index (χ0n) is 12.2. The van der Waals surface area contributed by atoms with Gasteiger partial charge in [-0.05, 0) is 38.3 Å². The van der Waals surface area contributed by atoms with E-state index in [1.54, 1.807) is 7.11 Å². The second-order valence-electron chi connectivity index (χ2n) is 4.76. The zero-order chi connectivity index (χ0) is 13.5. The van der Waals surface area contributed by atoms with E-state index in [4.69, 9.17) is 4.74 Å². The van der Waals surface area contributed by atoms with Gasteiger partial charge in [-0.15, -0.1) is 0 Å². The van der Waals surface area contributed by atoms with Crippen LogP contribution in [0.3, 0.4) is 0 Å². The van der Waals surface area contributed by atoms with Gasteiger partial charge in [0.2, 0.25) is 0 Å². The molecule has 0 aromatic carbocycles. The summed E-state index contributed by atoms with van der Waals surface area (Å²) in [6.07, 6.45) is 1.16. The molecule has 1 unspecified atom stereocenters. The predicted molar refractivity (Wildman–Crippen MR) is 73.8 cm³/mol. The van der Waals surface area contributed by atoms with Crippen LogP contribution in [0.25, 0.3) is 0 Å². The molecular formula is C14H25N3O. The first-order valence-corrected chi connectivity index (χ1v) is 6.63. The molecule has 0 saturated carbocycles. The lowest BCUT2D eigenvalue weighted by atomic mass is 9.98. The summed E-state index contributed by atoms with van der Waals surface area (Å²) in [6.45, 7) is 11.0. The molecule has 0 fully saturated rings. The molecule has 1 aromatic rings. The Morgan fingerprint density at radius 3 is 2.33 bits per heavy atom. The summed E-state index contributed by atoms with van der Waals surface area (Å²) < 4.78 is 5.08. The molecule has 4 nitrogen and oxygen atoms in total. The molecule has 1 aromatic heterocycles. The van der Waals surface area contributed by atoms with Gasteiger partial charge in [-0.2, -0.15) is 0 Å². The fourth-order valence-electron chi connectivity index (χ4n) is 2.30. The number of ether oxygens (including phenoxy) is 1. The largest absolute Gasteiger partial charge is 0.377 e. The molecule has 1 N–H and O–H groups in total. The summed E-state index contributed by atoms with van der Waals surface area (Å²) in [5.41, 5.74) is 3.40. The van der Waals surface area contributed by atoms with E-state index in [0.29, 0.717) is 12.5 Å². The maximum Gasteiger partial charge on any atom is 0.154 e. The Morgan fingerprint density at radius 2 is 1.83 bits per heavy atom. The van der Waals surface area contributed by atoms with E-state index in [0.717, 1.165) is 36.7 Å². The Morgan fingerprint density at radius 1 is 1.22 bits per heavy atom. The van der Waals surface area contributed by atoms with Crippen LogP contribution in [0.5, 0.6) is 0 Å². The molecule has 4 heteroatoms. The van der Waals surface area contributed by atoms with Gasteiger partial charge in [0.05, 0.1) is 0 Å². The van der Waals surface area contributed by atoms with Crippen molar-refractivity contribution in [1.29, 1.82) is 0 Å². The number of rotatable bonds is 7. The highest BCUT2D eigenvalue weighted by Crippen LogP contribution is 2.20. The molecule has 1 atom stereocenters. The lowest BCUT2D eigenvalue weighted by Crippen LogP contribution is -2.22. The van der Waals surface area contributed by atoms with Crippen molar-refractivity contribution in [1.82, 2.24) is 15.3 Å². The topological polar surface area (TPSA) is 47.0 Å². The fraction of sp³-hybridized carbons (Fsp3) is 0.714. The summed E-state index contributed by atoms with van der Waals surface area (Å²) in [5.74, 6) is 1.21. The van der Waals surface area contributed by atoms with Crippen molar-refractivity contribution in [2.75, 3.05) is 20.2 Å². The summed E-state index contributed by atoms with van der Waals surface area (Å²) in [7, 11) is 1.67. The highest BCUT2D eigenvalue weighted by Gasteiger charge is 2.14. The molecule has 0 bridgehead atoms. The molecule has 0 aliphatic heterocycles. The zero-order valence-corrected chi connectivity index (χ0v) is 12.2. The van der Waals surface area contributed by atoms with Crippen molar-refractivity contribution in [3.8, 4) is 0 Å². The molecule has 1 rings (SSSR count). The first kappa shape index (κ1) is 15.1. The average molecular weight is 251 g/mol. The van der Waals surface area contributed by atoms with E-state index in [9.17, 15) is 0 Å². The van der Waals surface area contributed by atoms with Gasteiger partial charge in [-0.1, -0.05) is 13.8 Å². The van der Waals surface area contributed by atoms with Crippen LogP contribution >= 0.6 is 0 Å². The smallest absolute Gasteiger partial charge is 0.154 e. The molecule has 0 amide bonds. The number of hydrogen-bond acceptors (Lipinski definition) is 4. The Bertz CT molecular complexity index is 356. The Kier molecular flexibility index (Phi) is 6.22. The molecule has 0 spiro atoms. The lowest BCUT2D eigenvalue weighted by Gasteiger charge is -2.17. The Balaban J connectivity index is 2.81. The molecule has 18 heavy (non-hydrogen) atoms. The molecule has 0 saturated heterocycles. The van der Waals surface area contributed by atoms with E-state index >= 15 is 0 Å². The molecule has 1 heterocycles.